The van der Waals surface area contributed by atoms with Crippen molar-refractivity contribution in [3.05, 3.63) is 181 Å². The highest BCUT2D eigenvalue weighted by atomic mass is 15.1. The zero-order valence-corrected chi connectivity index (χ0v) is 24.8. The van der Waals surface area contributed by atoms with Crippen LogP contribution in [-0.4, -0.2) is 0 Å². The van der Waals surface area contributed by atoms with Crippen LogP contribution in [0.2, 0.25) is 0 Å². The van der Waals surface area contributed by atoms with Crippen LogP contribution in [0, 0.1) is 6.92 Å². The van der Waals surface area contributed by atoms with E-state index in [1.807, 2.05) is 6.08 Å². The SMILES string of the molecule is C=Cc1ccccc1-c1ccc2ccc(N(c3ccc(-c4ccccc4)cc3)c3cccc(-c4ccccc4)c3)cc2c1C. The van der Waals surface area contributed by atoms with Crippen LogP contribution in [0.5, 0.6) is 0 Å². The molecule has 0 heterocycles. The van der Waals surface area contributed by atoms with Crippen LogP contribution in [0.3, 0.4) is 0 Å². The molecule has 0 spiro atoms. The number of hydrogen-bond acceptors (Lipinski definition) is 1. The molecule has 0 aliphatic carbocycles. The Labute approximate surface area is 260 Å². The average molecular weight is 564 g/mol. The standard InChI is InChI=1S/C43H33N/c1-3-32-13-10-11-20-42(32)41-28-24-36-23-27-40(30-43(36)31(41)2)44(38-25-21-35(22-26-38)33-14-6-4-7-15-33)39-19-12-18-37(29-39)34-16-8-5-9-17-34/h3-30H,1H2,2H3. The molecule has 0 unspecified atom stereocenters. The number of fused-ring (bicyclic) bond motifs is 1. The van der Waals surface area contributed by atoms with Gasteiger partial charge in [0.1, 0.15) is 0 Å². The largest absolute Gasteiger partial charge is 0.310 e. The van der Waals surface area contributed by atoms with Crippen molar-refractivity contribution in [1.29, 1.82) is 0 Å². The Morgan fingerprint density at radius 3 is 1.75 bits per heavy atom. The molecular weight excluding hydrogens is 530 g/mol. The highest BCUT2D eigenvalue weighted by Crippen LogP contribution is 2.40. The van der Waals surface area contributed by atoms with E-state index >= 15 is 0 Å². The Kier molecular flexibility index (Phi) is 7.36. The minimum Gasteiger partial charge on any atom is -0.310 e. The Hall–Kier alpha value is -5.66. The number of anilines is 3. The van der Waals surface area contributed by atoms with Crippen molar-refractivity contribution < 1.29 is 0 Å². The molecule has 7 aromatic rings. The van der Waals surface area contributed by atoms with Gasteiger partial charge in [-0.15, -0.1) is 0 Å². The number of rotatable bonds is 7. The molecule has 0 aliphatic heterocycles. The first-order chi connectivity index (χ1) is 21.7. The summed E-state index contributed by atoms with van der Waals surface area (Å²) in [4.78, 5) is 2.37. The maximum atomic E-state index is 4.06. The Morgan fingerprint density at radius 2 is 1.02 bits per heavy atom. The molecule has 0 fully saturated rings. The molecule has 44 heavy (non-hydrogen) atoms. The van der Waals surface area contributed by atoms with Crippen molar-refractivity contribution >= 4 is 33.9 Å². The van der Waals surface area contributed by atoms with E-state index in [0.29, 0.717) is 0 Å². The fourth-order valence-corrected chi connectivity index (χ4v) is 6.14. The molecule has 0 N–H and O–H groups in total. The van der Waals surface area contributed by atoms with E-state index in [1.54, 1.807) is 0 Å². The first-order valence-corrected chi connectivity index (χ1v) is 15.1. The highest BCUT2D eigenvalue weighted by Gasteiger charge is 2.16. The predicted octanol–water partition coefficient (Wildman–Crippen LogP) is 12.3. The minimum atomic E-state index is 1.11. The van der Waals surface area contributed by atoms with E-state index < -0.39 is 0 Å². The van der Waals surface area contributed by atoms with E-state index in [9.17, 15) is 0 Å². The van der Waals surface area contributed by atoms with Crippen LogP contribution in [-0.2, 0) is 0 Å². The van der Waals surface area contributed by atoms with Gasteiger partial charge in [-0.05, 0) is 98.6 Å². The topological polar surface area (TPSA) is 3.24 Å². The third-order valence-corrected chi connectivity index (χ3v) is 8.45. The van der Waals surface area contributed by atoms with Gasteiger partial charge in [-0.2, -0.15) is 0 Å². The third-order valence-electron chi connectivity index (χ3n) is 8.45. The van der Waals surface area contributed by atoms with E-state index in [4.69, 9.17) is 0 Å². The van der Waals surface area contributed by atoms with Gasteiger partial charge in [-0.1, -0.05) is 140 Å². The van der Waals surface area contributed by atoms with Gasteiger partial charge >= 0.3 is 0 Å². The normalized spacial score (nSPS) is 10.9. The van der Waals surface area contributed by atoms with Gasteiger partial charge in [0.2, 0.25) is 0 Å². The maximum Gasteiger partial charge on any atom is 0.0468 e. The highest BCUT2D eigenvalue weighted by molar-refractivity contribution is 5.96. The van der Waals surface area contributed by atoms with Crippen molar-refractivity contribution in [2.45, 2.75) is 6.92 Å². The molecule has 0 aliphatic rings. The molecule has 0 bridgehead atoms. The minimum absolute atomic E-state index is 1.11. The summed E-state index contributed by atoms with van der Waals surface area (Å²) >= 11 is 0. The summed E-state index contributed by atoms with van der Waals surface area (Å²) in [7, 11) is 0. The van der Waals surface area contributed by atoms with Gasteiger partial charge in [-0.3, -0.25) is 0 Å². The second-order valence-corrected chi connectivity index (χ2v) is 11.1. The first-order valence-electron chi connectivity index (χ1n) is 15.1. The number of nitrogens with zero attached hydrogens (tertiary/aromatic N) is 1. The molecule has 0 saturated carbocycles. The molecule has 0 amide bonds. The third kappa shape index (κ3) is 5.21. The van der Waals surface area contributed by atoms with Gasteiger partial charge in [0, 0.05) is 17.1 Å². The molecule has 7 aromatic carbocycles. The Morgan fingerprint density at radius 1 is 0.455 bits per heavy atom. The lowest BCUT2D eigenvalue weighted by Gasteiger charge is -2.27. The lowest BCUT2D eigenvalue weighted by atomic mass is 9.92. The summed E-state index contributed by atoms with van der Waals surface area (Å²) in [6, 6.07) is 58.6. The van der Waals surface area contributed by atoms with Crippen LogP contribution in [0.4, 0.5) is 17.1 Å². The molecule has 210 valence electrons. The van der Waals surface area contributed by atoms with Crippen molar-refractivity contribution in [2.24, 2.45) is 0 Å². The number of hydrogen-bond donors (Lipinski definition) is 0. The summed E-state index contributed by atoms with van der Waals surface area (Å²) in [5.41, 5.74) is 13.0. The summed E-state index contributed by atoms with van der Waals surface area (Å²) in [5, 5.41) is 2.47. The lowest BCUT2D eigenvalue weighted by Crippen LogP contribution is -2.10. The molecule has 0 aromatic heterocycles. The quantitative estimate of drug-likeness (QED) is 0.186. The van der Waals surface area contributed by atoms with Crippen molar-refractivity contribution in [3.63, 3.8) is 0 Å². The van der Waals surface area contributed by atoms with Gasteiger partial charge in [0.25, 0.3) is 0 Å². The van der Waals surface area contributed by atoms with E-state index in [2.05, 4.69) is 182 Å². The lowest BCUT2D eigenvalue weighted by molar-refractivity contribution is 1.29. The Balaban J connectivity index is 1.39. The molecule has 0 radical (unpaired) electrons. The smallest absolute Gasteiger partial charge is 0.0468 e. The van der Waals surface area contributed by atoms with E-state index in [1.165, 1.54) is 49.7 Å². The van der Waals surface area contributed by atoms with Gasteiger partial charge < -0.3 is 4.90 Å². The van der Waals surface area contributed by atoms with Crippen molar-refractivity contribution in [3.8, 4) is 33.4 Å². The second-order valence-electron chi connectivity index (χ2n) is 11.1. The number of aryl methyl sites for hydroxylation is 1. The van der Waals surface area contributed by atoms with Crippen LogP contribution >= 0.6 is 0 Å². The van der Waals surface area contributed by atoms with E-state index in [-0.39, 0.29) is 0 Å². The van der Waals surface area contributed by atoms with Crippen molar-refractivity contribution in [1.82, 2.24) is 0 Å². The Bertz CT molecular complexity index is 2070. The van der Waals surface area contributed by atoms with Crippen LogP contribution in [0.25, 0.3) is 50.2 Å². The van der Waals surface area contributed by atoms with Crippen LogP contribution in [0.15, 0.2) is 170 Å². The summed E-state index contributed by atoms with van der Waals surface area (Å²) in [6.07, 6.45) is 1.94. The fourth-order valence-electron chi connectivity index (χ4n) is 6.14. The van der Waals surface area contributed by atoms with Gasteiger partial charge in [0.05, 0.1) is 0 Å². The molecule has 1 nitrogen and oxygen atoms in total. The maximum absolute atomic E-state index is 4.06. The zero-order chi connectivity index (χ0) is 29.9. The van der Waals surface area contributed by atoms with Crippen molar-refractivity contribution in [2.75, 3.05) is 4.90 Å². The molecule has 7 rings (SSSR count). The fraction of sp³-hybridized carbons (Fsp3) is 0.0233. The van der Waals surface area contributed by atoms with Crippen LogP contribution < -0.4 is 4.90 Å². The molecular formula is C43H33N. The van der Waals surface area contributed by atoms with E-state index in [0.717, 1.165) is 22.6 Å². The summed E-state index contributed by atoms with van der Waals surface area (Å²) in [6.45, 7) is 6.29. The monoisotopic (exact) mass is 563 g/mol. The number of benzene rings is 7. The zero-order valence-electron chi connectivity index (χ0n) is 24.8. The molecule has 1 heteroatoms. The second kappa shape index (κ2) is 11.9. The average Bonchev–Trinajstić information content (AvgIpc) is 3.10. The first kappa shape index (κ1) is 27.2. The molecule has 0 saturated heterocycles. The van der Waals surface area contributed by atoms with Gasteiger partial charge in [0.15, 0.2) is 0 Å². The summed E-state index contributed by atoms with van der Waals surface area (Å²) in [5.74, 6) is 0. The van der Waals surface area contributed by atoms with Gasteiger partial charge in [-0.25, -0.2) is 0 Å². The molecule has 0 atom stereocenters. The predicted molar refractivity (Wildman–Crippen MR) is 190 cm³/mol. The van der Waals surface area contributed by atoms with Crippen LogP contribution in [0.1, 0.15) is 11.1 Å². The summed E-state index contributed by atoms with van der Waals surface area (Å²) < 4.78 is 0.